The molecular weight excluding hydrogens is 322 g/mol. The van der Waals surface area contributed by atoms with Crippen LogP contribution in [0.15, 0.2) is 58.2 Å². The van der Waals surface area contributed by atoms with Gasteiger partial charge < -0.3 is 4.74 Å². The Labute approximate surface area is 124 Å². The Morgan fingerprint density at radius 3 is 3.00 bits per heavy atom. The number of ether oxygens (including phenoxy) is 1. The zero-order valence-corrected chi connectivity index (χ0v) is 12.1. The SMILES string of the molecule is O=C(COc1cccc(Br)c1)N/N=C/c1ccccn1. The molecule has 0 radical (unpaired) electrons. The number of aromatic nitrogens is 1. The molecule has 0 bridgehead atoms. The van der Waals surface area contributed by atoms with Crippen LogP contribution in [0, 0.1) is 0 Å². The van der Waals surface area contributed by atoms with Crippen molar-refractivity contribution >= 4 is 28.1 Å². The van der Waals surface area contributed by atoms with Gasteiger partial charge in [0.2, 0.25) is 0 Å². The third-order valence-electron chi connectivity index (χ3n) is 2.24. The lowest BCUT2D eigenvalue weighted by molar-refractivity contribution is -0.123. The van der Waals surface area contributed by atoms with E-state index in [9.17, 15) is 4.79 Å². The number of hydrogen-bond donors (Lipinski definition) is 1. The highest BCUT2D eigenvalue weighted by Gasteiger charge is 2.01. The quantitative estimate of drug-likeness (QED) is 0.674. The van der Waals surface area contributed by atoms with Crippen LogP contribution in [0.3, 0.4) is 0 Å². The summed E-state index contributed by atoms with van der Waals surface area (Å²) >= 11 is 3.33. The fourth-order valence-corrected chi connectivity index (χ4v) is 1.74. The summed E-state index contributed by atoms with van der Waals surface area (Å²) in [5, 5.41) is 3.80. The first-order chi connectivity index (χ1) is 9.74. The summed E-state index contributed by atoms with van der Waals surface area (Å²) in [6.45, 7) is -0.101. The highest BCUT2D eigenvalue weighted by Crippen LogP contribution is 2.17. The number of carbonyl (C=O) groups is 1. The number of halogens is 1. The highest BCUT2D eigenvalue weighted by atomic mass is 79.9. The summed E-state index contributed by atoms with van der Waals surface area (Å²) < 4.78 is 6.21. The van der Waals surface area contributed by atoms with E-state index in [0.29, 0.717) is 11.4 Å². The van der Waals surface area contributed by atoms with Crippen LogP contribution in [0.4, 0.5) is 0 Å². The van der Waals surface area contributed by atoms with Crippen LogP contribution in [-0.2, 0) is 4.79 Å². The molecule has 102 valence electrons. The standard InChI is InChI=1S/C14H12BrN3O2/c15-11-4-3-6-13(8-11)20-10-14(19)18-17-9-12-5-1-2-7-16-12/h1-9H,10H2,(H,18,19)/b17-9+. The molecule has 0 aliphatic rings. The molecule has 1 aromatic heterocycles. The molecule has 1 N–H and O–H groups in total. The topological polar surface area (TPSA) is 63.6 Å². The van der Waals surface area contributed by atoms with Crippen molar-refractivity contribution in [2.45, 2.75) is 0 Å². The zero-order valence-electron chi connectivity index (χ0n) is 10.5. The van der Waals surface area contributed by atoms with E-state index >= 15 is 0 Å². The second-order valence-corrected chi connectivity index (χ2v) is 4.71. The Morgan fingerprint density at radius 1 is 1.35 bits per heavy atom. The maximum absolute atomic E-state index is 11.5. The first-order valence-corrected chi connectivity index (χ1v) is 6.64. The van der Waals surface area contributed by atoms with Gasteiger partial charge in [0.05, 0.1) is 11.9 Å². The van der Waals surface area contributed by atoms with Crippen LogP contribution in [0.5, 0.6) is 5.75 Å². The minimum atomic E-state index is -0.336. The first-order valence-electron chi connectivity index (χ1n) is 5.85. The van der Waals surface area contributed by atoms with Gasteiger partial charge in [-0.15, -0.1) is 0 Å². The molecular formula is C14H12BrN3O2. The molecule has 1 heterocycles. The van der Waals surface area contributed by atoms with Crippen molar-refractivity contribution in [2.24, 2.45) is 5.10 Å². The molecule has 0 spiro atoms. The van der Waals surface area contributed by atoms with Crippen LogP contribution < -0.4 is 10.2 Å². The largest absolute Gasteiger partial charge is 0.484 e. The van der Waals surface area contributed by atoms with Crippen molar-refractivity contribution in [3.05, 3.63) is 58.8 Å². The van der Waals surface area contributed by atoms with Gasteiger partial charge in [-0.3, -0.25) is 9.78 Å². The average Bonchev–Trinajstić information content (AvgIpc) is 2.46. The lowest BCUT2D eigenvalue weighted by Crippen LogP contribution is -2.24. The van der Waals surface area contributed by atoms with Crippen molar-refractivity contribution in [1.82, 2.24) is 10.4 Å². The Bertz CT molecular complexity index is 602. The first kappa shape index (κ1) is 14.2. The number of hydrazone groups is 1. The molecule has 5 nitrogen and oxygen atoms in total. The number of amides is 1. The molecule has 0 aliphatic carbocycles. The van der Waals surface area contributed by atoms with Crippen molar-refractivity contribution in [1.29, 1.82) is 0 Å². The lowest BCUT2D eigenvalue weighted by Gasteiger charge is -2.04. The van der Waals surface area contributed by atoms with Gasteiger partial charge >= 0.3 is 0 Å². The van der Waals surface area contributed by atoms with Crippen molar-refractivity contribution in [3.63, 3.8) is 0 Å². The molecule has 0 aliphatic heterocycles. The summed E-state index contributed by atoms with van der Waals surface area (Å²) in [7, 11) is 0. The van der Waals surface area contributed by atoms with Crippen molar-refractivity contribution in [2.75, 3.05) is 6.61 Å². The van der Waals surface area contributed by atoms with Gasteiger partial charge in [-0.25, -0.2) is 5.43 Å². The van der Waals surface area contributed by atoms with Crippen molar-refractivity contribution in [3.8, 4) is 5.75 Å². The molecule has 20 heavy (non-hydrogen) atoms. The number of pyridine rings is 1. The predicted octanol–water partition coefficient (Wildman–Crippen LogP) is 2.37. The van der Waals surface area contributed by atoms with Gasteiger partial charge in [0.25, 0.3) is 5.91 Å². The number of rotatable bonds is 5. The van der Waals surface area contributed by atoms with Crippen LogP contribution in [0.1, 0.15) is 5.69 Å². The molecule has 2 rings (SSSR count). The molecule has 6 heteroatoms. The molecule has 0 atom stereocenters. The van der Waals surface area contributed by atoms with Crippen LogP contribution >= 0.6 is 15.9 Å². The van der Waals surface area contributed by atoms with Gasteiger partial charge in [0.1, 0.15) is 5.75 Å². The fraction of sp³-hybridized carbons (Fsp3) is 0.0714. The van der Waals surface area contributed by atoms with Gasteiger partial charge in [-0.05, 0) is 30.3 Å². The number of nitrogens with zero attached hydrogens (tertiary/aromatic N) is 2. The second-order valence-electron chi connectivity index (χ2n) is 3.79. The number of carbonyl (C=O) groups excluding carboxylic acids is 1. The zero-order chi connectivity index (χ0) is 14.2. The summed E-state index contributed by atoms with van der Waals surface area (Å²) in [6, 6.07) is 12.7. The maximum Gasteiger partial charge on any atom is 0.277 e. The number of hydrogen-bond acceptors (Lipinski definition) is 4. The van der Waals surface area contributed by atoms with E-state index in [1.165, 1.54) is 6.21 Å². The van der Waals surface area contributed by atoms with Gasteiger partial charge in [-0.2, -0.15) is 5.10 Å². The molecule has 0 unspecified atom stereocenters. The minimum Gasteiger partial charge on any atom is -0.484 e. The van der Waals surface area contributed by atoms with Crippen LogP contribution in [0.2, 0.25) is 0 Å². The molecule has 1 aromatic carbocycles. The normalized spacial score (nSPS) is 10.4. The third-order valence-corrected chi connectivity index (χ3v) is 2.73. The molecule has 0 saturated carbocycles. The van der Waals surface area contributed by atoms with E-state index in [1.807, 2.05) is 24.3 Å². The molecule has 2 aromatic rings. The Balaban J connectivity index is 1.77. The summed E-state index contributed by atoms with van der Waals surface area (Å²) in [5.41, 5.74) is 3.04. The monoisotopic (exact) mass is 333 g/mol. The van der Waals surface area contributed by atoms with E-state index in [-0.39, 0.29) is 12.5 Å². The van der Waals surface area contributed by atoms with Gasteiger partial charge in [0.15, 0.2) is 6.61 Å². The summed E-state index contributed by atoms with van der Waals surface area (Å²) in [6.07, 6.45) is 3.12. The van der Waals surface area contributed by atoms with Crippen molar-refractivity contribution < 1.29 is 9.53 Å². The molecule has 0 fully saturated rings. The van der Waals surface area contributed by atoms with E-state index in [2.05, 4.69) is 31.4 Å². The lowest BCUT2D eigenvalue weighted by atomic mass is 10.3. The minimum absolute atomic E-state index is 0.101. The highest BCUT2D eigenvalue weighted by molar-refractivity contribution is 9.10. The van der Waals surface area contributed by atoms with E-state index < -0.39 is 0 Å². The second kappa shape index (κ2) is 7.40. The van der Waals surface area contributed by atoms with E-state index in [4.69, 9.17) is 4.74 Å². The fourth-order valence-electron chi connectivity index (χ4n) is 1.36. The van der Waals surface area contributed by atoms with Crippen LogP contribution in [0.25, 0.3) is 0 Å². The molecule has 0 saturated heterocycles. The van der Waals surface area contributed by atoms with Gasteiger partial charge in [-0.1, -0.05) is 28.1 Å². The maximum atomic E-state index is 11.5. The van der Waals surface area contributed by atoms with E-state index in [1.54, 1.807) is 24.4 Å². The summed E-state index contributed by atoms with van der Waals surface area (Å²) in [4.78, 5) is 15.6. The Kier molecular flexibility index (Phi) is 5.25. The van der Waals surface area contributed by atoms with Gasteiger partial charge in [0, 0.05) is 10.7 Å². The number of benzene rings is 1. The smallest absolute Gasteiger partial charge is 0.277 e. The van der Waals surface area contributed by atoms with E-state index in [0.717, 1.165) is 4.47 Å². The number of nitrogens with one attached hydrogen (secondary N) is 1. The van der Waals surface area contributed by atoms with Crippen LogP contribution in [-0.4, -0.2) is 23.7 Å². The third kappa shape index (κ3) is 4.81. The average molecular weight is 334 g/mol. The predicted molar refractivity (Wildman–Crippen MR) is 79.6 cm³/mol. The molecule has 1 amide bonds. The Hall–Kier alpha value is -2.21. The summed E-state index contributed by atoms with van der Waals surface area (Å²) in [5.74, 6) is 0.278. The Morgan fingerprint density at radius 2 is 2.25 bits per heavy atom.